The Balaban J connectivity index is 2.65. The standard InChI is InChI=1S/C13H10O4/c1-16-10-4-5-11-12(7-10)17-8-9(13(11)15)3-2-6-14/h4-5,7-8,14H,6H2,1H3. The molecule has 0 fully saturated rings. The molecule has 0 aliphatic heterocycles. The molecule has 86 valence electrons. The van der Waals surface area contributed by atoms with Crippen LogP contribution in [0.15, 0.2) is 33.7 Å². The fourth-order valence-corrected chi connectivity index (χ4v) is 1.46. The van der Waals surface area contributed by atoms with Crippen molar-refractivity contribution in [1.82, 2.24) is 0 Å². The molecule has 4 heteroatoms. The molecule has 0 amide bonds. The average molecular weight is 230 g/mol. The van der Waals surface area contributed by atoms with E-state index in [1.54, 1.807) is 25.3 Å². The van der Waals surface area contributed by atoms with Crippen molar-refractivity contribution in [1.29, 1.82) is 0 Å². The average Bonchev–Trinajstić information content (AvgIpc) is 2.37. The van der Waals surface area contributed by atoms with Gasteiger partial charge in [0.25, 0.3) is 0 Å². The molecule has 1 aromatic heterocycles. The first-order valence-corrected chi connectivity index (χ1v) is 4.95. The predicted molar refractivity (Wildman–Crippen MR) is 63.0 cm³/mol. The van der Waals surface area contributed by atoms with Gasteiger partial charge in [0, 0.05) is 6.07 Å². The number of rotatable bonds is 1. The highest BCUT2D eigenvalue weighted by molar-refractivity contribution is 5.79. The third-order valence-electron chi connectivity index (χ3n) is 2.28. The van der Waals surface area contributed by atoms with Crippen LogP contribution in [0.1, 0.15) is 5.56 Å². The van der Waals surface area contributed by atoms with Crippen molar-refractivity contribution in [3.05, 3.63) is 40.2 Å². The van der Waals surface area contributed by atoms with Crippen LogP contribution in [0, 0.1) is 11.8 Å². The first-order valence-electron chi connectivity index (χ1n) is 4.95. The van der Waals surface area contributed by atoms with Crippen LogP contribution in [0.2, 0.25) is 0 Å². The van der Waals surface area contributed by atoms with Crippen LogP contribution in [0.25, 0.3) is 11.0 Å². The molecule has 1 aromatic carbocycles. The van der Waals surface area contributed by atoms with Gasteiger partial charge < -0.3 is 14.3 Å². The highest BCUT2D eigenvalue weighted by Crippen LogP contribution is 2.18. The van der Waals surface area contributed by atoms with E-state index in [-0.39, 0.29) is 17.6 Å². The van der Waals surface area contributed by atoms with Crippen LogP contribution >= 0.6 is 0 Å². The summed E-state index contributed by atoms with van der Waals surface area (Å²) >= 11 is 0. The fourth-order valence-electron chi connectivity index (χ4n) is 1.46. The maximum atomic E-state index is 11.9. The largest absolute Gasteiger partial charge is 0.497 e. The van der Waals surface area contributed by atoms with Crippen molar-refractivity contribution in [3.8, 4) is 17.6 Å². The Hall–Kier alpha value is -2.25. The van der Waals surface area contributed by atoms with Crippen molar-refractivity contribution in [2.24, 2.45) is 0 Å². The van der Waals surface area contributed by atoms with Gasteiger partial charge in [-0.1, -0.05) is 11.8 Å². The molecule has 0 spiro atoms. The quantitative estimate of drug-likeness (QED) is 0.746. The van der Waals surface area contributed by atoms with Gasteiger partial charge in [0.2, 0.25) is 5.43 Å². The van der Waals surface area contributed by atoms with Crippen molar-refractivity contribution in [3.63, 3.8) is 0 Å². The Bertz CT molecular complexity index is 658. The van der Waals surface area contributed by atoms with Gasteiger partial charge in [0.1, 0.15) is 29.8 Å². The Labute approximate surface area is 97.4 Å². The van der Waals surface area contributed by atoms with E-state index in [0.717, 1.165) is 0 Å². The van der Waals surface area contributed by atoms with E-state index in [1.165, 1.54) is 6.26 Å². The zero-order chi connectivity index (χ0) is 12.3. The van der Waals surface area contributed by atoms with Crippen molar-refractivity contribution < 1.29 is 14.3 Å². The predicted octanol–water partition coefficient (Wildman–Crippen LogP) is 1.15. The number of aliphatic hydroxyl groups is 1. The third-order valence-corrected chi connectivity index (χ3v) is 2.28. The maximum Gasteiger partial charge on any atom is 0.208 e. The lowest BCUT2D eigenvalue weighted by molar-refractivity contribution is 0.350. The van der Waals surface area contributed by atoms with Gasteiger partial charge in [-0.25, -0.2) is 0 Å². The molecule has 0 saturated carbocycles. The molecule has 17 heavy (non-hydrogen) atoms. The highest BCUT2D eigenvalue weighted by atomic mass is 16.5. The summed E-state index contributed by atoms with van der Waals surface area (Å²) in [6.07, 6.45) is 1.28. The smallest absolute Gasteiger partial charge is 0.208 e. The number of benzene rings is 1. The Morgan fingerprint density at radius 2 is 2.29 bits per heavy atom. The Morgan fingerprint density at radius 1 is 1.47 bits per heavy atom. The minimum absolute atomic E-state index is 0.213. The molecule has 0 aliphatic rings. The molecule has 1 heterocycles. The summed E-state index contributed by atoms with van der Waals surface area (Å²) in [5, 5.41) is 9.02. The van der Waals surface area contributed by atoms with Crippen LogP contribution in [0.3, 0.4) is 0 Å². The monoisotopic (exact) mass is 230 g/mol. The number of fused-ring (bicyclic) bond motifs is 1. The van der Waals surface area contributed by atoms with Crippen LogP contribution in [-0.4, -0.2) is 18.8 Å². The summed E-state index contributed by atoms with van der Waals surface area (Å²) < 4.78 is 10.3. The van der Waals surface area contributed by atoms with Gasteiger partial charge >= 0.3 is 0 Å². The van der Waals surface area contributed by atoms with Crippen LogP contribution < -0.4 is 10.2 Å². The first-order chi connectivity index (χ1) is 8.26. The van der Waals surface area contributed by atoms with Crippen molar-refractivity contribution >= 4 is 11.0 Å². The van der Waals surface area contributed by atoms with Gasteiger partial charge in [0.05, 0.1) is 12.5 Å². The molecule has 1 N–H and O–H groups in total. The van der Waals surface area contributed by atoms with Gasteiger partial charge in [-0.3, -0.25) is 4.79 Å². The molecule has 0 bridgehead atoms. The molecular weight excluding hydrogens is 220 g/mol. The number of ether oxygens (including phenoxy) is 1. The maximum absolute atomic E-state index is 11.9. The summed E-state index contributed by atoms with van der Waals surface area (Å²) in [5.41, 5.74) is 0.468. The number of hydrogen-bond acceptors (Lipinski definition) is 4. The zero-order valence-electron chi connectivity index (χ0n) is 9.19. The topological polar surface area (TPSA) is 59.7 Å². The first kappa shape index (κ1) is 11.2. The van der Waals surface area contributed by atoms with Gasteiger partial charge in [-0.15, -0.1) is 0 Å². The highest BCUT2D eigenvalue weighted by Gasteiger charge is 2.05. The molecule has 0 saturated heterocycles. The summed E-state index contributed by atoms with van der Waals surface area (Å²) in [5.74, 6) is 5.58. The zero-order valence-corrected chi connectivity index (χ0v) is 9.19. The molecule has 0 radical (unpaired) electrons. The minimum atomic E-state index is -0.292. The third kappa shape index (κ3) is 2.14. The SMILES string of the molecule is COc1ccc2c(=O)c(C#CCO)coc2c1. The summed E-state index contributed by atoms with van der Waals surface area (Å²) in [7, 11) is 1.54. The van der Waals surface area contributed by atoms with Crippen molar-refractivity contribution in [2.75, 3.05) is 13.7 Å². The van der Waals surface area contributed by atoms with Gasteiger partial charge in [-0.05, 0) is 12.1 Å². The van der Waals surface area contributed by atoms with E-state index >= 15 is 0 Å². The molecule has 0 atom stereocenters. The number of hydrogen-bond donors (Lipinski definition) is 1. The molecule has 2 rings (SSSR count). The normalized spacial score (nSPS) is 9.76. The van der Waals surface area contributed by atoms with Crippen LogP contribution in [0.4, 0.5) is 0 Å². The second kappa shape index (κ2) is 4.73. The Morgan fingerprint density at radius 3 is 3.00 bits per heavy atom. The van der Waals surface area contributed by atoms with E-state index in [2.05, 4.69) is 11.8 Å². The summed E-state index contributed by atoms with van der Waals surface area (Å²) in [4.78, 5) is 11.9. The number of aliphatic hydroxyl groups excluding tert-OH is 1. The summed E-state index contributed by atoms with van der Waals surface area (Å²) in [6.45, 7) is -0.292. The lowest BCUT2D eigenvalue weighted by atomic mass is 10.1. The van der Waals surface area contributed by atoms with Crippen molar-refractivity contribution in [2.45, 2.75) is 0 Å². The molecule has 0 unspecified atom stereocenters. The second-order valence-electron chi connectivity index (χ2n) is 3.30. The van der Waals surface area contributed by atoms with E-state index in [1.807, 2.05) is 0 Å². The lowest BCUT2D eigenvalue weighted by Crippen LogP contribution is -2.05. The molecule has 0 aliphatic carbocycles. The second-order valence-corrected chi connectivity index (χ2v) is 3.30. The van der Waals surface area contributed by atoms with Gasteiger partial charge in [0.15, 0.2) is 0 Å². The van der Waals surface area contributed by atoms with E-state index < -0.39 is 0 Å². The molecular formula is C13H10O4. The van der Waals surface area contributed by atoms with E-state index in [0.29, 0.717) is 16.7 Å². The van der Waals surface area contributed by atoms with Crippen LogP contribution in [0.5, 0.6) is 5.75 Å². The van der Waals surface area contributed by atoms with Crippen LogP contribution in [-0.2, 0) is 0 Å². The minimum Gasteiger partial charge on any atom is -0.497 e. The molecule has 2 aromatic rings. The van der Waals surface area contributed by atoms with E-state index in [9.17, 15) is 4.79 Å². The van der Waals surface area contributed by atoms with Gasteiger partial charge in [-0.2, -0.15) is 0 Å². The Kier molecular flexibility index (Phi) is 3.12. The molecule has 4 nitrogen and oxygen atoms in total. The number of methoxy groups -OCH3 is 1. The van der Waals surface area contributed by atoms with E-state index in [4.69, 9.17) is 14.3 Å². The fraction of sp³-hybridized carbons (Fsp3) is 0.154. The summed E-state index contributed by atoms with van der Waals surface area (Å²) in [6, 6.07) is 4.95. The lowest BCUT2D eigenvalue weighted by Gasteiger charge is -2.01.